The molecule has 0 unspecified atom stereocenters. The van der Waals surface area contributed by atoms with Gasteiger partial charge in [0.25, 0.3) is 11.5 Å². The lowest BCUT2D eigenvalue weighted by Crippen LogP contribution is -2.55. The molecule has 0 aliphatic carbocycles. The van der Waals surface area contributed by atoms with Crippen LogP contribution in [-0.2, 0) is 16.6 Å². The minimum absolute atomic E-state index is 0.198. The summed E-state index contributed by atoms with van der Waals surface area (Å²) in [4.78, 5) is 41.4. The number of rotatable bonds is 2. The number of likely N-dealkylation sites (tertiary alicyclic amines) is 2. The summed E-state index contributed by atoms with van der Waals surface area (Å²) in [5, 5.41) is 4.06. The highest BCUT2D eigenvalue weighted by Gasteiger charge is 2.50. The number of aryl methyl sites for hydroxylation is 1. The largest absolute Gasteiger partial charge is 0.381 e. The van der Waals surface area contributed by atoms with Crippen LogP contribution in [0.15, 0.2) is 16.9 Å². The fourth-order valence-corrected chi connectivity index (χ4v) is 4.65. The molecule has 8 nitrogen and oxygen atoms in total. The smallest absolute Gasteiger partial charge is 0.274 e. The Morgan fingerprint density at radius 2 is 1.96 bits per heavy atom. The van der Waals surface area contributed by atoms with Crippen molar-refractivity contribution in [1.29, 1.82) is 0 Å². The molecular formula is C19H26N4O4. The molecule has 3 fully saturated rings. The highest BCUT2D eigenvalue weighted by atomic mass is 16.5. The van der Waals surface area contributed by atoms with E-state index in [9.17, 15) is 14.4 Å². The van der Waals surface area contributed by atoms with Crippen molar-refractivity contribution in [1.82, 2.24) is 19.6 Å². The third-order valence-electron chi connectivity index (χ3n) is 6.22. The molecule has 8 heteroatoms. The van der Waals surface area contributed by atoms with E-state index in [1.165, 1.54) is 19.2 Å². The zero-order valence-electron chi connectivity index (χ0n) is 15.7. The van der Waals surface area contributed by atoms with E-state index in [1.54, 1.807) is 4.90 Å². The molecule has 1 spiro atoms. The van der Waals surface area contributed by atoms with E-state index in [0.29, 0.717) is 32.7 Å². The lowest BCUT2D eigenvalue weighted by molar-refractivity contribution is -0.150. The average Bonchev–Trinajstić information content (AvgIpc) is 3.11. The van der Waals surface area contributed by atoms with E-state index >= 15 is 0 Å². The molecule has 1 atom stereocenters. The summed E-state index contributed by atoms with van der Waals surface area (Å²) < 4.78 is 6.60. The number of carbonyl (C=O) groups is 2. The quantitative estimate of drug-likeness (QED) is 0.749. The Labute approximate surface area is 158 Å². The van der Waals surface area contributed by atoms with Crippen LogP contribution in [0.25, 0.3) is 0 Å². The van der Waals surface area contributed by atoms with E-state index in [0.717, 1.165) is 36.9 Å². The number of hydrogen-bond donors (Lipinski definition) is 0. The molecule has 4 heterocycles. The SMILES string of the molecule is Cn1nc(C(=O)N2CC[C@@]3(CCCN(C4CCOCC4)C3=O)C2)ccc1=O. The van der Waals surface area contributed by atoms with Crippen molar-refractivity contribution < 1.29 is 14.3 Å². The van der Waals surface area contributed by atoms with Crippen molar-refractivity contribution in [2.75, 3.05) is 32.8 Å². The molecule has 0 radical (unpaired) electrons. The molecule has 1 aromatic rings. The second-order valence-corrected chi connectivity index (χ2v) is 7.88. The number of ether oxygens (including phenoxy) is 1. The van der Waals surface area contributed by atoms with Gasteiger partial charge in [0.2, 0.25) is 5.91 Å². The van der Waals surface area contributed by atoms with Crippen LogP contribution in [0, 0.1) is 5.41 Å². The summed E-state index contributed by atoms with van der Waals surface area (Å²) in [6.45, 7) is 3.22. The average molecular weight is 374 g/mol. The minimum atomic E-state index is -0.465. The van der Waals surface area contributed by atoms with Gasteiger partial charge in [0.15, 0.2) is 0 Å². The predicted molar refractivity (Wildman–Crippen MR) is 97.2 cm³/mol. The van der Waals surface area contributed by atoms with Crippen LogP contribution in [0.2, 0.25) is 0 Å². The van der Waals surface area contributed by atoms with Gasteiger partial charge in [-0.3, -0.25) is 14.4 Å². The van der Waals surface area contributed by atoms with Gasteiger partial charge < -0.3 is 14.5 Å². The molecule has 0 bridgehead atoms. The van der Waals surface area contributed by atoms with E-state index in [2.05, 4.69) is 5.10 Å². The number of carbonyl (C=O) groups excluding carboxylic acids is 2. The summed E-state index contributed by atoms with van der Waals surface area (Å²) in [5.41, 5.74) is -0.468. The fourth-order valence-electron chi connectivity index (χ4n) is 4.65. The van der Waals surface area contributed by atoms with Gasteiger partial charge in [-0.2, -0.15) is 5.10 Å². The van der Waals surface area contributed by atoms with Gasteiger partial charge in [0.1, 0.15) is 5.69 Å². The molecule has 1 aromatic heterocycles. The molecule has 0 saturated carbocycles. The monoisotopic (exact) mass is 374 g/mol. The molecule has 2 amide bonds. The summed E-state index contributed by atoms with van der Waals surface area (Å²) in [7, 11) is 1.53. The van der Waals surface area contributed by atoms with Crippen molar-refractivity contribution in [2.24, 2.45) is 12.5 Å². The Balaban J connectivity index is 1.49. The van der Waals surface area contributed by atoms with E-state index < -0.39 is 5.41 Å². The summed E-state index contributed by atoms with van der Waals surface area (Å²) in [6, 6.07) is 3.08. The Hall–Kier alpha value is -2.22. The molecule has 4 rings (SSSR count). The number of amides is 2. The Morgan fingerprint density at radius 3 is 2.70 bits per heavy atom. The first-order chi connectivity index (χ1) is 13.0. The molecule has 0 N–H and O–H groups in total. The van der Waals surface area contributed by atoms with Gasteiger partial charge in [-0.15, -0.1) is 0 Å². The number of piperidine rings is 1. The lowest BCUT2D eigenvalue weighted by atomic mass is 9.77. The Kier molecular flexibility index (Phi) is 4.75. The Bertz CT molecular complexity index is 801. The second-order valence-electron chi connectivity index (χ2n) is 7.88. The van der Waals surface area contributed by atoms with Crippen LogP contribution < -0.4 is 5.56 Å². The standard InChI is InChI=1S/C19H26N4O4/c1-21-16(24)4-3-15(20-21)17(25)22-10-8-19(13-22)7-2-9-23(18(19)26)14-5-11-27-12-6-14/h3-4,14H,2,5-13H2,1H3/t19-/m0/s1. The highest BCUT2D eigenvalue weighted by molar-refractivity contribution is 5.93. The van der Waals surface area contributed by atoms with Gasteiger partial charge in [-0.05, 0) is 38.2 Å². The number of hydrogen-bond acceptors (Lipinski definition) is 5. The maximum atomic E-state index is 13.3. The van der Waals surface area contributed by atoms with E-state index in [1.807, 2.05) is 4.90 Å². The maximum Gasteiger partial charge on any atom is 0.274 e. The molecule has 0 aromatic carbocycles. The summed E-state index contributed by atoms with van der Waals surface area (Å²) in [5.74, 6) is -0.0113. The topological polar surface area (TPSA) is 84.7 Å². The highest BCUT2D eigenvalue weighted by Crippen LogP contribution is 2.41. The zero-order chi connectivity index (χ0) is 19.0. The normalized spacial score (nSPS) is 26.8. The number of nitrogens with zero attached hydrogens (tertiary/aromatic N) is 4. The van der Waals surface area contributed by atoms with Crippen LogP contribution in [-0.4, -0.2) is 70.3 Å². The van der Waals surface area contributed by atoms with Gasteiger partial charge >= 0.3 is 0 Å². The fraction of sp³-hybridized carbons (Fsp3) is 0.684. The van der Waals surface area contributed by atoms with Crippen LogP contribution in [0.3, 0.4) is 0 Å². The lowest BCUT2D eigenvalue weighted by Gasteiger charge is -2.44. The van der Waals surface area contributed by atoms with Crippen LogP contribution in [0.4, 0.5) is 0 Å². The molecule has 146 valence electrons. The first-order valence-corrected chi connectivity index (χ1v) is 9.73. The molecule has 27 heavy (non-hydrogen) atoms. The van der Waals surface area contributed by atoms with Crippen LogP contribution >= 0.6 is 0 Å². The first kappa shape index (κ1) is 18.2. The number of aromatic nitrogens is 2. The van der Waals surface area contributed by atoms with E-state index in [-0.39, 0.29) is 29.1 Å². The second kappa shape index (κ2) is 7.07. The summed E-state index contributed by atoms with van der Waals surface area (Å²) >= 11 is 0. The first-order valence-electron chi connectivity index (χ1n) is 9.73. The van der Waals surface area contributed by atoms with Gasteiger partial charge in [0, 0.05) is 52.0 Å². The summed E-state index contributed by atoms with van der Waals surface area (Å²) in [6.07, 6.45) is 4.29. The van der Waals surface area contributed by atoms with Crippen LogP contribution in [0.1, 0.15) is 42.6 Å². The van der Waals surface area contributed by atoms with Gasteiger partial charge in [-0.25, -0.2) is 4.68 Å². The third kappa shape index (κ3) is 3.26. The van der Waals surface area contributed by atoms with Crippen molar-refractivity contribution in [2.45, 2.75) is 38.1 Å². The predicted octanol–water partition coefficient (Wildman–Crippen LogP) is 0.414. The van der Waals surface area contributed by atoms with E-state index in [4.69, 9.17) is 4.74 Å². The van der Waals surface area contributed by atoms with Crippen molar-refractivity contribution >= 4 is 11.8 Å². The Morgan fingerprint density at radius 1 is 1.19 bits per heavy atom. The zero-order valence-corrected chi connectivity index (χ0v) is 15.7. The van der Waals surface area contributed by atoms with Crippen molar-refractivity contribution in [3.63, 3.8) is 0 Å². The van der Waals surface area contributed by atoms with Gasteiger partial charge in [-0.1, -0.05) is 0 Å². The van der Waals surface area contributed by atoms with Gasteiger partial charge in [0.05, 0.1) is 5.41 Å². The van der Waals surface area contributed by atoms with Crippen molar-refractivity contribution in [3.8, 4) is 0 Å². The molecular weight excluding hydrogens is 348 g/mol. The maximum absolute atomic E-state index is 13.3. The van der Waals surface area contributed by atoms with Crippen molar-refractivity contribution in [3.05, 3.63) is 28.2 Å². The molecule has 3 aliphatic heterocycles. The molecule has 3 aliphatic rings. The third-order valence-corrected chi connectivity index (χ3v) is 6.22. The van der Waals surface area contributed by atoms with Crippen LogP contribution in [0.5, 0.6) is 0 Å². The molecule has 3 saturated heterocycles. The minimum Gasteiger partial charge on any atom is -0.381 e.